The SMILES string of the molecule is Cc1nnc(S(=O)(=O)Cl)n1C. The van der Waals surface area contributed by atoms with Gasteiger partial charge in [0, 0.05) is 17.7 Å². The number of halogens is 1. The Morgan fingerprint density at radius 3 is 2.18 bits per heavy atom. The van der Waals surface area contributed by atoms with Crippen LogP contribution >= 0.6 is 10.7 Å². The summed E-state index contributed by atoms with van der Waals surface area (Å²) in [7, 11) is 2.81. The maximum Gasteiger partial charge on any atom is 0.296 e. The highest BCUT2D eigenvalue weighted by Gasteiger charge is 2.17. The second-order valence-electron chi connectivity index (χ2n) is 2.03. The molecule has 0 atom stereocenters. The molecule has 0 amide bonds. The molecule has 5 nitrogen and oxygen atoms in total. The normalized spacial score (nSPS) is 11.9. The van der Waals surface area contributed by atoms with Crippen molar-refractivity contribution in [2.75, 3.05) is 0 Å². The molecule has 62 valence electrons. The standard InChI is InChI=1S/C4H6ClN3O2S/c1-3-6-7-4(8(3)2)11(5,9)10/h1-2H3. The molecule has 0 N–H and O–H groups in total. The third kappa shape index (κ3) is 1.51. The zero-order valence-corrected chi connectivity index (χ0v) is 7.52. The monoisotopic (exact) mass is 195 g/mol. The fraction of sp³-hybridized carbons (Fsp3) is 0.500. The fourth-order valence-corrected chi connectivity index (χ4v) is 1.60. The first-order chi connectivity index (χ1) is 4.93. The summed E-state index contributed by atoms with van der Waals surface area (Å²) in [4.78, 5) is 0. The van der Waals surface area contributed by atoms with Crippen LogP contribution < -0.4 is 0 Å². The summed E-state index contributed by atoms with van der Waals surface area (Å²) in [5.41, 5.74) is 0. The Bertz CT molecular complexity index is 369. The van der Waals surface area contributed by atoms with Gasteiger partial charge in [0.1, 0.15) is 5.82 Å². The molecule has 1 aromatic heterocycles. The molecule has 0 fully saturated rings. The summed E-state index contributed by atoms with van der Waals surface area (Å²) < 4.78 is 22.7. The number of rotatable bonds is 1. The van der Waals surface area contributed by atoms with Gasteiger partial charge in [0.25, 0.3) is 14.2 Å². The van der Waals surface area contributed by atoms with Crippen LogP contribution in [0.25, 0.3) is 0 Å². The first-order valence-corrected chi connectivity index (χ1v) is 5.04. The maximum atomic E-state index is 10.7. The molecule has 0 bridgehead atoms. The lowest BCUT2D eigenvalue weighted by Crippen LogP contribution is -2.02. The lowest BCUT2D eigenvalue weighted by atomic mass is 10.7. The van der Waals surface area contributed by atoms with Crippen molar-refractivity contribution in [2.24, 2.45) is 7.05 Å². The van der Waals surface area contributed by atoms with Crippen LogP contribution in [0.1, 0.15) is 5.82 Å². The molecule has 0 aliphatic heterocycles. The van der Waals surface area contributed by atoms with E-state index in [1.807, 2.05) is 0 Å². The Hall–Kier alpha value is -0.620. The molecule has 0 saturated carbocycles. The quantitative estimate of drug-likeness (QED) is 0.594. The number of aryl methyl sites for hydroxylation is 1. The van der Waals surface area contributed by atoms with Crippen LogP contribution in [0.5, 0.6) is 0 Å². The van der Waals surface area contributed by atoms with E-state index in [9.17, 15) is 8.42 Å². The summed E-state index contributed by atoms with van der Waals surface area (Å²) in [6, 6.07) is 0. The predicted octanol–water partition coefficient (Wildman–Crippen LogP) is 0.0510. The Morgan fingerprint density at radius 1 is 1.45 bits per heavy atom. The van der Waals surface area contributed by atoms with Crippen LogP contribution in [0, 0.1) is 6.92 Å². The average Bonchev–Trinajstić information content (AvgIpc) is 2.11. The zero-order chi connectivity index (χ0) is 8.65. The molecule has 0 aliphatic rings. The molecule has 11 heavy (non-hydrogen) atoms. The molecule has 0 radical (unpaired) electrons. The van der Waals surface area contributed by atoms with Crippen LogP contribution in [-0.2, 0) is 16.1 Å². The van der Waals surface area contributed by atoms with E-state index < -0.39 is 9.05 Å². The molecule has 0 saturated heterocycles. The fourth-order valence-electron chi connectivity index (χ4n) is 0.600. The number of nitrogens with zero attached hydrogens (tertiary/aromatic N) is 3. The largest absolute Gasteiger partial charge is 0.304 e. The molecular formula is C4H6ClN3O2S. The van der Waals surface area contributed by atoms with E-state index in [0.717, 1.165) is 0 Å². The Kier molecular flexibility index (Phi) is 1.89. The summed E-state index contributed by atoms with van der Waals surface area (Å²) in [5, 5.41) is 6.69. The van der Waals surface area contributed by atoms with E-state index in [4.69, 9.17) is 10.7 Å². The van der Waals surface area contributed by atoms with Gasteiger partial charge in [-0.05, 0) is 6.92 Å². The number of aromatic nitrogens is 3. The van der Waals surface area contributed by atoms with E-state index in [2.05, 4.69) is 10.2 Å². The molecule has 7 heteroatoms. The Morgan fingerprint density at radius 2 is 2.00 bits per heavy atom. The zero-order valence-electron chi connectivity index (χ0n) is 5.94. The van der Waals surface area contributed by atoms with Gasteiger partial charge in [0.05, 0.1) is 0 Å². The highest BCUT2D eigenvalue weighted by molar-refractivity contribution is 8.13. The summed E-state index contributed by atoms with van der Waals surface area (Å²) in [6.07, 6.45) is 0. The van der Waals surface area contributed by atoms with Crippen LogP contribution in [0.15, 0.2) is 5.16 Å². The van der Waals surface area contributed by atoms with Crippen LogP contribution in [0.4, 0.5) is 0 Å². The average molecular weight is 196 g/mol. The molecule has 1 aromatic rings. The third-order valence-corrected chi connectivity index (χ3v) is 2.48. The van der Waals surface area contributed by atoms with E-state index in [0.29, 0.717) is 5.82 Å². The van der Waals surface area contributed by atoms with E-state index in [1.165, 1.54) is 11.6 Å². The number of hydrogen-bond acceptors (Lipinski definition) is 4. The van der Waals surface area contributed by atoms with E-state index in [1.54, 1.807) is 6.92 Å². The van der Waals surface area contributed by atoms with Gasteiger partial charge in [-0.25, -0.2) is 8.42 Å². The van der Waals surface area contributed by atoms with Crippen molar-refractivity contribution in [3.05, 3.63) is 5.82 Å². The Labute approximate surface area is 68.4 Å². The molecular weight excluding hydrogens is 190 g/mol. The van der Waals surface area contributed by atoms with Crippen molar-refractivity contribution >= 4 is 19.7 Å². The number of hydrogen-bond donors (Lipinski definition) is 0. The van der Waals surface area contributed by atoms with Crippen molar-refractivity contribution in [3.63, 3.8) is 0 Å². The van der Waals surface area contributed by atoms with Crippen molar-refractivity contribution < 1.29 is 8.42 Å². The van der Waals surface area contributed by atoms with Gasteiger partial charge in [-0.3, -0.25) is 0 Å². The maximum absolute atomic E-state index is 10.7. The predicted molar refractivity (Wildman–Crippen MR) is 38.8 cm³/mol. The Balaban J connectivity index is 3.38. The molecule has 1 rings (SSSR count). The second kappa shape index (κ2) is 2.46. The summed E-state index contributed by atoms with van der Waals surface area (Å²) in [6.45, 7) is 1.64. The van der Waals surface area contributed by atoms with Gasteiger partial charge in [0.15, 0.2) is 0 Å². The minimum absolute atomic E-state index is 0.225. The topological polar surface area (TPSA) is 64.8 Å². The van der Waals surface area contributed by atoms with Gasteiger partial charge < -0.3 is 4.57 Å². The first-order valence-electron chi connectivity index (χ1n) is 2.73. The van der Waals surface area contributed by atoms with Gasteiger partial charge >= 0.3 is 0 Å². The van der Waals surface area contributed by atoms with Crippen molar-refractivity contribution in [3.8, 4) is 0 Å². The van der Waals surface area contributed by atoms with Gasteiger partial charge in [-0.2, -0.15) is 0 Å². The molecule has 0 aliphatic carbocycles. The molecule has 1 heterocycles. The molecule has 0 unspecified atom stereocenters. The van der Waals surface area contributed by atoms with Crippen molar-refractivity contribution in [1.82, 2.24) is 14.8 Å². The minimum Gasteiger partial charge on any atom is -0.304 e. The van der Waals surface area contributed by atoms with Gasteiger partial charge in [-0.1, -0.05) is 0 Å². The van der Waals surface area contributed by atoms with E-state index >= 15 is 0 Å². The smallest absolute Gasteiger partial charge is 0.296 e. The lowest BCUT2D eigenvalue weighted by molar-refractivity contribution is 0.591. The second-order valence-corrected chi connectivity index (χ2v) is 4.49. The lowest BCUT2D eigenvalue weighted by Gasteiger charge is -1.94. The highest BCUT2D eigenvalue weighted by atomic mass is 35.7. The minimum atomic E-state index is -3.75. The van der Waals surface area contributed by atoms with Crippen molar-refractivity contribution in [1.29, 1.82) is 0 Å². The van der Waals surface area contributed by atoms with Gasteiger partial charge in [0.2, 0.25) is 0 Å². The van der Waals surface area contributed by atoms with Crippen molar-refractivity contribution in [2.45, 2.75) is 12.1 Å². The van der Waals surface area contributed by atoms with E-state index in [-0.39, 0.29) is 5.16 Å². The summed E-state index contributed by atoms with van der Waals surface area (Å²) in [5.74, 6) is 0.504. The highest BCUT2D eigenvalue weighted by Crippen LogP contribution is 2.10. The van der Waals surface area contributed by atoms with Crippen LogP contribution in [0.3, 0.4) is 0 Å². The van der Waals surface area contributed by atoms with Crippen LogP contribution in [0.2, 0.25) is 0 Å². The summed E-state index contributed by atoms with van der Waals surface area (Å²) >= 11 is 0. The molecule has 0 aromatic carbocycles. The third-order valence-electron chi connectivity index (χ3n) is 1.27. The van der Waals surface area contributed by atoms with Gasteiger partial charge in [-0.15, -0.1) is 10.2 Å². The first kappa shape index (κ1) is 8.48. The van der Waals surface area contributed by atoms with Crippen LogP contribution in [-0.4, -0.2) is 23.2 Å². The molecule has 0 spiro atoms.